The number of alkyl halides is 3. The van der Waals surface area contributed by atoms with Crippen molar-refractivity contribution in [2.45, 2.75) is 31.5 Å². The Morgan fingerprint density at radius 2 is 2.15 bits per heavy atom. The lowest BCUT2D eigenvalue weighted by Gasteiger charge is -2.23. The normalized spacial score (nSPS) is 19.6. The molecular weight excluding hydrogens is 273 g/mol. The first-order valence-electron chi connectivity index (χ1n) is 6.41. The van der Waals surface area contributed by atoms with Crippen molar-refractivity contribution in [3.63, 3.8) is 0 Å². The van der Waals surface area contributed by atoms with Crippen LogP contribution in [0.25, 0.3) is 0 Å². The highest BCUT2D eigenvalue weighted by Gasteiger charge is 2.35. The fourth-order valence-electron chi connectivity index (χ4n) is 2.09. The zero-order valence-electron chi connectivity index (χ0n) is 10.8. The number of rotatable bonds is 4. The van der Waals surface area contributed by atoms with Gasteiger partial charge in [-0.1, -0.05) is 0 Å². The third kappa shape index (κ3) is 3.72. The molecule has 0 amide bonds. The number of halogens is 3. The Kier molecular flexibility index (Phi) is 4.65. The van der Waals surface area contributed by atoms with Crippen LogP contribution in [-0.2, 0) is 10.9 Å². The highest BCUT2D eigenvalue weighted by atomic mass is 19.4. The van der Waals surface area contributed by atoms with Gasteiger partial charge >= 0.3 is 6.18 Å². The number of carbonyl (C=O) groups is 1. The molecule has 1 heterocycles. The average molecular weight is 288 g/mol. The van der Waals surface area contributed by atoms with Crippen LogP contribution in [0.4, 0.5) is 13.2 Å². The lowest BCUT2D eigenvalue weighted by atomic mass is 10.1. The van der Waals surface area contributed by atoms with E-state index < -0.39 is 11.7 Å². The summed E-state index contributed by atoms with van der Waals surface area (Å²) in [4.78, 5) is 10.6. The van der Waals surface area contributed by atoms with E-state index in [9.17, 15) is 18.0 Å². The second kappa shape index (κ2) is 6.26. The van der Waals surface area contributed by atoms with E-state index in [-0.39, 0.29) is 24.0 Å². The summed E-state index contributed by atoms with van der Waals surface area (Å²) >= 11 is 0. The minimum atomic E-state index is -4.55. The summed E-state index contributed by atoms with van der Waals surface area (Å²) in [5.74, 6) is -0.266. The summed E-state index contributed by atoms with van der Waals surface area (Å²) in [6.07, 6.45) is -1.60. The van der Waals surface area contributed by atoms with Gasteiger partial charge in [0.1, 0.15) is 18.6 Å². The third-order valence-corrected chi connectivity index (χ3v) is 3.14. The molecule has 6 heteroatoms. The fourth-order valence-corrected chi connectivity index (χ4v) is 2.09. The number of hydrogen-bond acceptors (Lipinski definition) is 3. The maximum atomic E-state index is 12.9. The summed E-state index contributed by atoms with van der Waals surface area (Å²) in [5, 5.41) is 0. The quantitative estimate of drug-likeness (QED) is 0.796. The first-order chi connectivity index (χ1) is 9.50. The smallest absolute Gasteiger partial charge is 0.419 e. The maximum absolute atomic E-state index is 12.9. The first kappa shape index (κ1) is 14.8. The SMILES string of the molecule is O=Cc1ccc(OCC2CCCCO2)c(C(F)(F)F)c1. The van der Waals surface area contributed by atoms with E-state index in [0.717, 1.165) is 25.3 Å². The molecule has 1 aromatic carbocycles. The molecule has 1 saturated heterocycles. The zero-order chi connectivity index (χ0) is 14.6. The van der Waals surface area contributed by atoms with Crippen molar-refractivity contribution in [3.8, 4) is 5.75 Å². The van der Waals surface area contributed by atoms with E-state index in [4.69, 9.17) is 9.47 Å². The van der Waals surface area contributed by atoms with Crippen LogP contribution in [0.1, 0.15) is 35.2 Å². The van der Waals surface area contributed by atoms with Crippen LogP contribution in [0.3, 0.4) is 0 Å². The molecular formula is C14H15F3O3. The standard InChI is InChI=1S/C14H15F3O3/c15-14(16,17)12-7-10(8-18)4-5-13(12)20-9-11-3-1-2-6-19-11/h4-5,7-8,11H,1-3,6,9H2. The van der Waals surface area contributed by atoms with Crippen LogP contribution in [0.2, 0.25) is 0 Å². The van der Waals surface area contributed by atoms with Gasteiger partial charge in [0.15, 0.2) is 0 Å². The van der Waals surface area contributed by atoms with Gasteiger partial charge in [-0.05, 0) is 37.5 Å². The van der Waals surface area contributed by atoms with Crippen LogP contribution >= 0.6 is 0 Å². The van der Waals surface area contributed by atoms with Crippen molar-refractivity contribution >= 4 is 6.29 Å². The van der Waals surface area contributed by atoms with Crippen molar-refractivity contribution in [2.24, 2.45) is 0 Å². The number of benzene rings is 1. The fraction of sp³-hybridized carbons (Fsp3) is 0.500. The Morgan fingerprint density at radius 3 is 2.75 bits per heavy atom. The molecule has 0 N–H and O–H groups in total. The molecule has 1 aliphatic heterocycles. The van der Waals surface area contributed by atoms with Gasteiger partial charge in [0.2, 0.25) is 0 Å². The minimum Gasteiger partial charge on any atom is -0.490 e. The molecule has 3 nitrogen and oxygen atoms in total. The summed E-state index contributed by atoms with van der Waals surface area (Å²) in [6.45, 7) is 0.702. The van der Waals surface area contributed by atoms with E-state index in [1.165, 1.54) is 12.1 Å². The largest absolute Gasteiger partial charge is 0.490 e. The molecule has 0 aliphatic carbocycles. The van der Waals surface area contributed by atoms with Crippen molar-refractivity contribution in [1.82, 2.24) is 0 Å². The predicted molar refractivity (Wildman–Crippen MR) is 65.9 cm³/mol. The molecule has 0 radical (unpaired) electrons. The molecule has 0 aromatic heterocycles. The molecule has 1 atom stereocenters. The van der Waals surface area contributed by atoms with Crippen molar-refractivity contribution < 1.29 is 27.4 Å². The third-order valence-electron chi connectivity index (χ3n) is 3.14. The molecule has 0 saturated carbocycles. The minimum absolute atomic E-state index is 0.0291. The van der Waals surface area contributed by atoms with E-state index in [1.807, 2.05) is 0 Å². The van der Waals surface area contributed by atoms with Crippen LogP contribution in [-0.4, -0.2) is 25.6 Å². The van der Waals surface area contributed by atoms with Gasteiger partial charge in [0.05, 0.1) is 11.7 Å². The van der Waals surface area contributed by atoms with Crippen molar-refractivity contribution in [1.29, 1.82) is 0 Å². The summed E-state index contributed by atoms with van der Waals surface area (Å²) in [6, 6.07) is 3.28. The Balaban J connectivity index is 2.11. The van der Waals surface area contributed by atoms with Gasteiger partial charge in [0, 0.05) is 12.2 Å². The lowest BCUT2D eigenvalue weighted by molar-refractivity contribution is -0.139. The first-order valence-corrected chi connectivity index (χ1v) is 6.41. The molecule has 0 spiro atoms. The Labute approximate surface area is 114 Å². The Bertz CT molecular complexity index is 465. The van der Waals surface area contributed by atoms with Gasteiger partial charge in [0.25, 0.3) is 0 Å². The number of ether oxygens (including phenoxy) is 2. The topological polar surface area (TPSA) is 35.5 Å². The molecule has 1 aliphatic rings. The lowest BCUT2D eigenvalue weighted by Crippen LogP contribution is -2.26. The monoisotopic (exact) mass is 288 g/mol. The van der Waals surface area contributed by atoms with E-state index >= 15 is 0 Å². The van der Waals surface area contributed by atoms with Crippen LogP contribution in [0, 0.1) is 0 Å². The molecule has 20 heavy (non-hydrogen) atoms. The van der Waals surface area contributed by atoms with Crippen LogP contribution in [0.5, 0.6) is 5.75 Å². The maximum Gasteiger partial charge on any atom is 0.419 e. The van der Waals surface area contributed by atoms with Crippen LogP contribution < -0.4 is 4.74 Å². The molecule has 1 fully saturated rings. The molecule has 1 aromatic rings. The van der Waals surface area contributed by atoms with Crippen LogP contribution in [0.15, 0.2) is 18.2 Å². The summed E-state index contributed by atoms with van der Waals surface area (Å²) in [7, 11) is 0. The van der Waals surface area contributed by atoms with Crippen molar-refractivity contribution in [3.05, 3.63) is 29.3 Å². The highest BCUT2D eigenvalue weighted by Crippen LogP contribution is 2.36. The Hall–Kier alpha value is -1.56. The number of aldehydes is 1. The van der Waals surface area contributed by atoms with Crippen molar-refractivity contribution in [2.75, 3.05) is 13.2 Å². The number of carbonyl (C=O) groups excluding carboxylic acids is 1. The highest BCUT2D eigenvalue weighted by molar-refractivity contribution is 5.75. The van der Waals surface area contributed by atoms with Gasteiger partial charge in [-0.15, -0.1) is 0 Å². The molecule has 110 valence electrons. The zero-order valence-corrected chi connectivity index (χ0v) is 10.8. The second-order valence-corrected chi connectivity index (χ2v) is 4.67. The van der Waals surface area contributed by atoms with Gasteiger partial charge in [-0.25, -0.2) is 0 Å². The number of hydrogen-bond donors (Lipinski definition) is 0. The second-order valence-electron chi connectivity index (χ2n) is 4.67. The predicted octanol–water partition coefficient (Wildman–Crippen LogP) is 3.47. The molecule has 0 bridgehead atoms. The summed E-state index contributed by atoms with van der Waals surface area (Å²) in [5.41, 5.74) is -0.962. The molecule has 2 rings (SSSR count). The van der Waals surface area contributed by atoms with E-state index in [1.54, 1.807) is 0 Å². The Morgan fingerprint density at radius 1 is 1.35 bits per heavy atom. The summed E-state index contributed by atoms with van der Waals surface area (Å²) < 4.78 is 49.4. The van der Waals surface area contributed by atoms with E-state index in [0.29, 0.717) is 12.9 Å². The molecule has 1 unspecified atom stereocenters. The van der Waals surface area contributed by atoms with E-state index in [2.05, 4.69) is 0 Å². The van der Waals surface area contributed by atoms with Gasteiger partial charge in [-0.3, -0.25) is 4.79 Å². The average Bonchev–Trinajstić information content (AvgIpc) is 2.45. The van der Waals surface area contributed by atoms with Gasteiger partial charge < -0.3 is 9.47 Å². The van der Waals surface area contributed by atoms with Gasteiger partial charge in [-0.2, -0.15) is 13.2 Å².